The van der Waals surface area contributed by atoms with E-state index in [1.807, 2.05) is 7.05 Å². The van der Waals surface area contributed by atoms with Gasteiger partial charge in [-0.3, -0.25) is 5.32 Å². The molecule has 5 nitrogen and oxygen atoms in total. The van der Waals surface area contributed by atoms with E-state index in [2.05, 4.69) is 17.2 Å². The Morgan fingerprint density at radius 1 is 1.52 bits per heavy atom. The summed E-state index contributed by atoms with van der Waals surface area (Å²) in [6.45, 7) is 4.60. The standard InChI is InChI=1S/C15H23N3O2S/c1-10-3-4-12-13(7-10)21-14(16-12)17-15(19)18(2)8-11-5-6-20-9-11/h10-11H,3-9H2,1-2H3,(H,16,17,19). The largest absolute Gasteiger partial charge is 0.381 e. The van der Waals surface area contributed by atoms with E-state index in [1.165, 1.54) is 17.0 Å². The molecule has 0 radical (unpaired) electrons. The summed E-state index contributed by atoms with van der Waals surface area (Å²) in [6, 6.07) is -0.0685. The van der Waals surface area contributed by atoms with E-state index in [0.717, 1.165) is 50.1 Å². The normalized spacial score (nSPS) is 24.7. The summed E-state index contributed by atoms with van der Waals surface area (Å²) in [5.41, 5.74) is 1.18. The Bertz CT molecular complexity index is 511. The molecule has 21 heavy (non-hydrogen) atoms. The Hall–Kier alpha value is -1.14. The Morgan fingerprint density at radius 2 is 2.38 bits per heavy atom. The van der Waals surface area contributed by atoms with Crippen LogP contribution in [0.15, 0.2) is 0 Å². The van der Waals surface area contributed by atoms with Crippen molar-refractivity contribution in [3.05, 3.63) is 10.6 Å². The Morgan fingerprint density at radius 3 is 3.14 bits per heavy atom. The van der Waals surface area contributed by atoms with Gasteiger partial charge in [-0.1, -0.05) is 6.92 Å². The van der Waals surface area contributed by atoms with Crippen LogP contribution in [0, 0.1) is 11.8 Å². The van der Waals surface area contributed by atoms with Crippen LogP contribution in [0.2, 0.25) is 0 Å². The first-order chi connectivity index (χ1) is 10.1. The minimum atomic E-state index is -0.0685. The van der Waals surface area contributed by atoms with Crippen LogP contribution in [0.25, 0.3) is 0 Å². The number of rotatable bonds is 3. The second kappa shape index (κ2) is 6.32. The fourth-order valence-electron chi connectivity index (χ4n) is 2.98. The van der Waals surface area contributed by atoms with Crippen molar-refractivity contribution >= 4 is 22.5 Å². The molecule has 2 aliphatic rings. The monoisotopic (exact) mass is 309 g/mol. The van der Waals surface area contributed by atoms with Crippen LogP contribution in [0.5, 0.6) is 0 Å². The predicted octanol–water partition coefficient (Wildman–Crippen LogP) is 2.77. The number of ether oxygens (including phenoxy) is 1. The van der Waals surface area contributed by atoms with Gasteiger partial charge in [0.15, 0.2) is 5.13 Å². The average molecular weight is 309 g/mol. The van der Waals surface area contributed by atoms with Crippen molar-refractivity contribution in [1.82, 2.24) is 9.88 Å². The van der Waals surface area contributed by atoms with Gasteiger partial charge in [-0.25, -0.2) is 9.78 Å². The molecule has 1 aromatic rings. The van der Waals surface area contributed by atoms with Gasteiger partial charge in [0.1, 0.15) is 0 Å². The molecule has 0 saturated carbocycles. The number of thiazole rings is 1. The van der Waals surface area contributed by atoms with Gasteiger partial charge >= 0.3 is 6.03 Å². The molecule has 0 spiro atoms. The van der Waals surface area contributed by atoms with Crippen molar-refractivity contribution in [2.45, 2.75) is 32.6 Å². The minimum absolute atomic E-state index is 0.0685. The summed E-state index contributed by atoms with van der Waals surface area (Å²) >= 11 is 1.63. The van der Waals surface area contributed by atoms with Crippen LogP contribution in [-0.2, 0) is 17.6 Å². The molecular formula is C15H23N3O2S. The molecule has 1 aliphatic carbocycles. The second-order valence-electron chi connectivity index (χ2n) is 6.28. The molecule has 1 aliphatic heterocycles. The maximum absolute atomic E-state index is 12.2. The highest BCUT2D eigenvalue weighted by Gasteiger charge is 2.23. The maximum Gasteiger partial charge on any atom is 0.323 e. The molecule has 2 unspecified atom stereocenters. The molecule has 6 heteroatoms. The number of amides is 2. The fourth-order valence-corrected chi connectivity index (χ4v) is 4.14. The van der Waals surface area contributed by atoms with E-state index < -0.39 is 0 Å². The van der Waals surface area contributed by atoms with Crippen molar-refractivity contribution < 1.29 is 9.53 Å². The first-order valence-electron chi connectivity index (χ1n) is 7.70. The van der Waals surface area contributed by atoms with Gasteiger partial charge < -0.3 is 9.64 Å². The predicted molar refractivity (Wildman–Crippen MR) is 83.9 cm³/mol. The van der Waals surface area contributed by atoms with Crippen LogP contribution in [0.4, 0.5) is 9.93 Å². The van der Waals surface area contributed by atoms with E-state index in [-0.39, 0.29) is 6.03 Å². The summed E-state index contributed by atoms with van der Waals surface area (Å²) in [6.07, 6.45) is 4.38. The van der Waals surface area contributed by atoms with Crippen molar-refractivity contribution in [2.75, 3.05) is 32.1 Å². The van der Waals surface area contributed by atoms with Gasteiger partial charge in [0.25, 0.3) is 0 Å². The molecule has 1 saturated heterocycles. The van der Waals surface area contributed by atoms with E-state index >= 15 is 0 Å². The molecule has 1 fully saturated rings. The number of urea groups is 1. The first-order valence-corrected chi connectivity index (χ1v) is 8.52. The third-order valence-electron chi connectivity index (χ3n) is 4.30. The summed E-state index contributed by atoms with van der Waals surface area (Å²) in [5, 5.41) is 3.69. The van der Waals surface area contributed by atoms with Gasteiger partial charge in [-0.2, -0.15) is 0 Å². The highest BCUT2D eigenvalue weighted by Crippen LogP contribution is 2.32. The number of anilines is 1. The zero-order chi connectivity index (χ0) is 14.8. The van der Waals surface area contributed by atoms with Gasteiger partial charge in [0, 0.05) is 31.0 Å². The molecule has 116 valence electrons. The summed E-state index contributed by atoms with van der Waals surface area (Å²) < 4.78 is 5.35. The third-order valence-corrected chi connectivity index (χ3v) is 5.34. The van der Waals surface area contributed by atoms with Crippen molar-refractivity contribution in [3.8, 4) is 0 Å². The number of carbonyl (C=O) groups excluding carboxylic acids is 1. The highest BCUT2D eigenvalue weighted by molar-refractivity contribution is 7.15. The molecule has 2 atom stereocenters. The number of nitrogens with one attached hydrogen (secondary N) is 1. The maximum atomic E-state index is 12.2. The van der Waals surface area contributed by atoms with Crippen molar-refractivity contribution in [3.63, 3.8) is 0 Å². The van der Waals surface area contributed by atoms with Crippen molar-refractivity contribution in [2.24, 2.45) is 11.8 Å². The summed E-state index contributed by atoms with van der Waals surface area (Å²) in [4.78, 5) is 19.9. The lowest BCUT2D eigenvalue weighted by atomic mass is 9.93. The number of carbonyl (C=O) groups is 1. The van der Waals surface area contributed by atoms with Gasteiger partial charge in [-0.15, -0.1) is 11.3 Å². The Balaban J connectivity index is 1.56. The molecule has 1 N–H and O–H groups in total. The van der Waals surface area contributed by atoms with Crippen LogP contribution >= 0.6 is 11.3 Å². The third kappa shape index (κ3) is 3.55. The quantitative estimate of drug-likeness (QED) is 0.934. The number of hydrogen-bond acceptors (Lipinski definition) is 4. The minimum Gasteiger partial charge on any atom is -0.381 e. The van der Waals surface area contributed by atoms with Crippen molar-refractivity contribution in [1.29, 1.82) is 0 Å². The lowest BCUT2D eigenvalue weighted by Crippen LogP contribution is -2.35. The topological polar surface area (TPSA) is 54.5 Å². The number of nitrogens with zero attached hydrogens (tertiary/aromatic N) is 2. The first kappa shape index (κ1) is 14.8. The highest BCUT2D eigenvalue weighted by atomic mass is 32.1. The number of aryl methyl sites for hydroxylation is 1. The van der Waals surface area contributed by atoms with E-state index in [9.17, 15) is 4.79 Å². The van der Waals surface area contributed by atoms with Crippen LogP contribution < -0.4 is 5.32 Å². The Kier molecular flexibility index (Phi) is 4.45. The molecule has 3 rings (SSSR count). The van der Waals surface area contributed by atoms with E-state index in [4.69, 9.17) is 4.74 Å². The van der Waals surface area contributed by atoms with E-state index in [1.54, 1.807) is 16.2 Å². The van der Waals surface area contributed by atoms with E-state index in [0.29, 0.717) is 5.92 Å². The van der Waals surface area contributed by atoms with Crippen LogP contribution in [-0.4, -0.2) is 42.7 Å². The molecule has 0 aromatic carbocycles. The average Bonchev–Trinajstić information content (AvgIpc) is 3.07. The lowest BCUT2D eigenvalue weighted by molar-refractivity contribution is 0.175. The molecule has 2 amide bonds. The molecular weight excluding hydrogens is 286 g/mol. The zero-order valence-electron chi connectivity index (χ0n) is 12.7. The number of fused-ring (bicyclic) bond motifs is 1. The second-order valence-corrected chi connectivity index (χ2v) is 7.36. The Labute approximate surface area is 129 Å². The molecule has 2 heterocycles. The van der Waals surface area contributed by atoms with Crippen LogP contribution in [0.1, 0.15) is 30.3 Å². The lowest BCUT2D eigenvalue weighted by Gasteiger charge is -2.20. The number of aromatic nitrogens is 1. The number of hydrogen-bond donors (Lipinski definition) is 1. The fraction of sp³-hybridized carbons (Fsp3) is 0.733. The smallest absolute Gasteiger partial charge is 0.323 e. The summed E-state index contributed by atoms with van der Waals surface area (Å²) in [5.74, 6) is 1.19. The SMILES string of the molecule is CC1CCc2nc(NC(=O)N(C)CC3CCOC3)sc2C1. The van der Waals surface area contributed by atoms with Crippen LogP contribution in [0.3, 0.4) is 0 Å². The van der Waals surface area contributed by atoms with Gasteiger partial charge in [0.2, 0.25) is 0 Å². The van der Waals surface area contributed by atoms with Gasteiger partial charge in [0.05, 0.1) is 12.3 Å². The summed E-state index contributed by atoms with van der Waals surface area (Å²) in [7, 11) is 1.84. The van der Waals surface area contributed by atoms with Gasteiger partial charge in [-0.05, 0) is 31.6 Å². The molecule has 1 aromatic heterocycles. The zero-order valence-corrected chi connectivity index (χ0v) is 13.5. The molecule has 0 bridgehead atoms.